The van der Waals surface area contributed by atoms with Gasteiger partial charge in [0.15, 0.2) is 0 Å². The first-order chi connectivity index (χ1) is 14.5. The second-order valence-corrected chi connectivity index (χ2v) is 7.97. The van der Waals surface area contributed by atoms with Crippen LogP contribution in [0.25, 0.3) is 0 Å². The van der Waals surface area contributed by atoms with Gasteiger partial charge >= 0.3 is 5.69 Å². The molecule has 0 N–H and O–H groups in total. The van der Waals surface area contributed by atoms with Crippen LogP contribution < -0.4 is 15.3 Å². The second kappa shape index (κ2) is 7.13. The zero-order valence-corrected chi connectivity index (χ0v) is 16.3. The van der Waals surface area contributed by atoms with Crippen molar-refractivity contribution in [2.45, 2.75) is 32.0 Å². The number of piperazine rings is 1. The summed E-state index contributed by atoms with van der Waals surface area (Å²) >= 11 is 0. The third-order valence-corrected chi connectivity index (χ3v) is 5.91. The zero-order chi connectivity index (χ0) is 20.8. The number of rotatable bonds is 4. The number of halogens is 1. The lowest BCUT2D eigenvalue weighted by molar-refractivity contribution is -0.133. The van der Waals surface area contributed by atoms with E-state index in [9.17, 15) is 14.0 Å². The van der Waals surface area contributed by atoms with Crippen molar-refractivity contribution in [2.24, 2.45) is 5.92 Å². The monoisotopic (exact) mass is 409 g/mol. The van der Waals surface area contributed by atoms with Crippen LogP contribution in [0.5, 0.6) is 5.88 Å². The van der Waals surface area contributed by atoms with Gasteiger partial charge in [0.05, 0.1) is 18.2 Å². The molecule has 2 fully saturated rings. The van der Waals surface area contributed by atoms with Gasteiger partial charge < -0.3 is 14.5 Å². The van der Waals surface area contributed by atoms with Crippen LogP contribution in [0.15, 0.2) is 29.1 Å². The molecule has 0 bridgehead atoms. The number of hydrogen-bond acceptors (Lipinski definition) is 6. The van der Waals surface area contributed by atoms with Crippen LogP contribution in [-0.4, -0.2) is 46.0 Å². The molecule has 8 nitrogen and oxygen atoms in total. The summed E-state index contributed by atoms with van der Waals surface area (Å²) in [5.74, 6) is 0.769. The highest BCUT2D eigenvalue weighted by molar-refractivity contribution is 5.81. The molecular weight excluding hydrogens is 389 g/mol. The number of anilines is 1. The van der Waals surface area contributed by atoms with E-state index in [-0.39, 0.29) is 35.9 Å². The summed E-state index contributed by atoms with van der Waals surface area (Å²) in [6, 6.07) is 7.75. The van der Waals surface area contributed by atoms with E-state index in [1.165, 1.54) is 18.2 Å². The molecule has 3 heterocycles. The Hall–Kier alpha value is -3.41. The minimum atomic E-state index is -0.583. The Morgan fingerprint density at radius 2 is 2.10 bits per heavy atom. The predicted molar refractivity (Wildman–Crippen MR) is 104 cm³/mol. The Balaban J connectivity index is 1.31. The van der Waals surface area contributed by atoms with Crippen LogP contribution in [-0.2, 0) is 17.9 Å². The molecule has 1 saturated carbocycles. The van der Waals surface area contributed by atoms with E-state index in [2.05, 4.69) is 9.88 Å². The average molecular weight is 409 g/mol. The van der Waals surface area contributed by atoms with Crippen molar-refractivity contribution in [1.82, 2.24) is 14.5 Å². The Labute approximate surface area is 172 Å². The van der Waals surface area contributed by atoms with Gasteiger partial charge in [-0.25, -0.2) is 9.18 Å². The van der Waals surface area contributed by atoms with Gasteiger partial charge in [-0.15, -0.1) is 0 Å². The fraction of sp³-hybridized carbons (Fsp3) is 0.429. The number of aromatic nitrogens is 2. The van der Waals surface area contributed by atoms with Crippen LogP contribution in [0, 0.1) is 23.1 Å². The maximum atomic E-state index is 13.5. The van der Waals surface area contributed by atoms with Crippen molar-refractivity contribution >= 4 is 11.7 Å². The summed E-state index contributed by atoms with van der Waals surface area (Å²) in [5.41, 5.74) is 0.161. The van der Waals surface area contributed by atoms with Gasteiger partial charge in [0.25, 0.3) is 0 Å². The fourth-order valence-corrected chi connectivity index (χ4v) is 4.17. The molecule has 1 amide bonds. The molecule has 0 radical (unpaired) electrons. The summed E-state index contributed by atoms with van der Waals surface area (Å²) in [7, 11) is 0. The van der Waals surface area contributed by atoms with Crippen LogP contribution in [0.2, 0.25) is 0 Å². The first-order valence-electron chi connectivity index (χ1n) is 10.0. The number of carbonyl (C=O) groups excluding carboxylic acids is 1. The molecule has 2 aromatic rings. The maximum Gasteiger partial charge on any atom is 0.352 e. The number of nitriles is 1. The number of hydrogen-bond donors (Lipinski definition) is 0. The van der Waals surface area contributed by atoms with Crippen molar-refractivity contribution < 1.29 is 13.9 Å². The first kappa shape index (κ1) is 18.6. The summed E-state index contributed by atoms with van der Waals surface area (Å²) in [5, 5.41) is 8.95. The minimum absolute atomic E-state index is 0.0560. The lowest BCUT2D eigenvalue weighted by Gasteiger charge is -2.38. The molecule has 1 unspecified atom stereocenters. The van der Waals surface area contributed by atoms with E-state index in [4.69, 9.17) is 10.00 Å². The van der Waals surface area contributed by atoms with Gasteiger partial charge in [0.2, 0.25) is 11.8 Å². The number of carbonyl (C=O) groups is 1. The topological polar surface area (TPSA) is 91.5 Å². The average Bonchev–Trinajstić information content (AvgIpc) is 3.53. The maximum absolute atomic E-state index is 13.5. The van der Waals surface area contributed by atoms with Gasteiger partial charge in [-0.3, -0.25) is 9.36 Å². The number of amides is 1. The Morgan fingerprint density at radius 1 is 1.27 bits per heavy atom. The van der Waals surface area contributed by atoms with Crippen molar-refractivity contribution in [3.8, 4) is 11.9 Å². The van der Waals surface area contributed by atoms with Gasteiger partial charge in [-0.05, 0) is 30.5 Å². The highest BCUT2D eigenvalue weighted by Crippen LogP contribution is 2.34. The van der Waals surface area contributed by atoms with Crippen LogP contribution in [0.4, 0.5) is 10.2 Å². The summed E-state index contributed by atoms with van der Waals surface area (Å²) in [6.45, 7) is 2.48. The highest BCUT2D eigenvalue weighted by Gasteiger charge is 2.40. The minimum Gasteiger partial charge on any atom is -0.473 e. The first-order valence-corrected chi connectivity index (χ1v) is 10.0. The zero-order valence-electron chi connectivity index (χ0n) is 16.3. The lowest BCUT2D eigenvalue weighted by Crippen LogP contribution is -2.54. The van der Waals surface area contributed by atoms with E-state index in [0.717, 1.165) is 18.7 Å². The molecule has 1 aliphatic carbocycles. The summed E-state index contributed by atoms with van der Waals surface area (Å²) in [6.07, 6.45) is 1.97. The molecule has 0 spiro atoms. The van der Waals surface area contributed by atoms with Crippen LogP contribution in [0.3, 0.4) is 0 Å². The normalized spacial score (nSPS) is 19.8. The molecular formula is C21H20FN5O3. The third kappa shape index (κ3) is 3.28. The van der Waals surface area contributed by atoms with E-state index in [1.54, 1.807) is 16.7 Å². The van der Waals surface area contributed by atoms with E-state index < -0.39 is 11.5 Å². The quantitative estimate of drug-likeness (QED) is 0.755. The fourth-order valence-electron chi connectivity index (χ4n) is 4.17. The van der Waals surface area contributed by atoms with Crippen molar-refractivity contribution in [2.75, 3.05) is 24.5 Å². The molecule has 5 rings (SSSR count). The molecule has 30 heavy (non-hydrogen) atoms. The standard InChI is InChI=1S/C21H20FN5O3/c22-17-4-1-13(7-15(17)9-23)12-30-18-8-19-26-6-5-25(20(28)14-2-3-14)10-16(26)11-27(19)21(29)24-18/h1,4,7-8,14,16H,2-3,5-6,10-12H2. The molecule has 1 aromatic heterocycles. The molecule has 1 saturated heterocycles. The van der Waals surface area contributed by atoms with Crippen molar-refractivity contribution in [1.29, 1.82) is 5.26 Å². The smallest absolute Gasteiger partial charge is 0.352 e. The van der Waals surface area contributed by atoms with Gasteiger partial charge in [-0.1, -0.05) is 6.07 Å². The molecule has 3 aliphatic rings. The second-order valence-electron chi connectivity index (χ2n) is 7.97. The molecule has 154 valence electrons. The molecule has 1 aromatic carbocycles. The van der Waals surface area contributed by atoms with E-state index in [1.807, 2.05) is 4.90 Å². The molecule has 9 heteroatoms. The van der Waals surface area contributed by atoms with Gasteiger partial charge in [0.1, 0.15) is 24.3 Å². The molecule has 1 atom stereocenters. The SMILES string of the molecule is N#Cc1cc(COc2cc3n(c(=O)n2)CC2CN(C(=O)C4CC4)CCN32)ccc1F. The van der Waals surface area contributed by atoms with E-state index >= 15 is 0 Å². The Kier molecular flexibility index (Phi) is 4.42. The summed E-state index contributed by atoms with van der Waals surface area (Å²) < 4.78 is 20.8. The number of nitrogens with zero attached hydrogens (tertiary/aromatic N) is 5. The molecule has 2 aliphatic heterocycles. The van der Waals surface area contributed by atoms with Crippen molar-refractivity contribution in [3.63, 3.8) is 0 Å². The number of ether oxygens (including phenoxy) is 1. The van der Waals surface area contributed by atoms with Gasteiger partial charge in [0, 0.05) is 31.6 Å². The largest absolute Gasteiger partial charge is 0.473 e. The van der Waals surface area contributed by atoms with Crippen LogP contribution >= 0.6 is 0 Å². The van der Waals surface area contributed by atoms with Crippen LogP contribution in [0.1, 0.15) is 24.0 Å². The number of fused-ring (bicyclic) bond motifs is 3. The van der Waals surface area contributed by atoms with Crippen molar-refractivity contribution in [3.05, 3.63) is 51.7 Å². The third-order valence-electron chi connectivity index (χ3n) is 5.91. The number of benzene rings is 1. The van der Waals surface area contributed by atoms with Gasteiger partial charge in [-0.2, -0.15) is 10.2 Å². The predicted octanol–water partition coefficient (Wildman–Crippen LogP) is 1.27. The lowest BCUT2D eigenvalue weighted by atomic mass is 10.1. The highest BCUT2D eigenvalue weighted by atomic mass is 19.1. The summed E-state index contributed by atoms with van der Waals surface area (Å²) in [4.78, 5) is 33.0. The Morgan fingerprint density at radius 3 is 2.87 bits per heavy atom. The Bertz CT molecular complexity index is 1120. The van der Waals surface area contributed by atoms with E-state index in [0.29, 0.717) is 31.7 Å².